The molecule has 0 aromatic heterocycles. The van der Waals surface area contributed by atoms with E-state index in [1.54, 1.807) is 6.92 Å². The minimum absolute atomic E-state index is 0.0839. The van der Waals surface area contributed by atoms with Gasteiger partial charge in [0.05, 0.1) is 0 Å². The molecule has 0 saturated heterocycles. The molecular formula is C10H21NO2. The minimum atomic E-state index is -0.154. The molecule has 0 N–H and O–H groups in total. The van der Waals surface area contributed by atoms with E-state index in [4.69, 9.17) is 0 Å². The lowest BCUT2D eigenvalue weighted by molar-refractivity contribution is -0.143. The summed E-state index contributed by atoms with van der Waals surface area (Å²) < 4.78 is 0. The molecule has 3 nitrogen and oxygen atoms in total. The predicted octanol–water partition coefficient (Wildman–Crippen LogP) is 2.21. The van der Waals surface area contributed by atoms with Crippen molar-refractivity contribution in [3.63, 3.8) is 0 Å². The highest BCUT2D eigenvalue weighted by Crippen LogP contribution is 1.96. The first kappa shape index (κ1) is 14.7. The number of nitrogens with zero attached hydrogens (tertiary/aromatic N) is 1. The Morgan fingerprint density at radius 3 is 1.85 bits per heavy atom. The summed E-state index contributed by atoms with van der Waals surface area (Å²) in [5.41, 5.74) is 0. The third-order valence-electron chi connectivity index (χ3n) is 1.43. The van der Waals surface area contributed by atoms with Gasteiger partial charge in [-0.05, 0) is 6.42 Å². The zero-order valence-electron chi connectivity index (χ0n) is 9.39. The second-order valence-corrected chi connectivity index (χ2v) is 2.42. The molecule has 0 spiro atoms. The van der Waals surface area contributed by atoms with Crippen LogP contribution in [-0.4, -0.2) is 23.3 Å². The summed E-state index contributed by atoms with van der Waals surface area (Å²) in [4.78, 5) is 23.2. The van der Waals surface area contributed by atoms with Crippen molar-refractivity contribution in [3.05, 3.63) is 0 Å². The number of carbonyl (C=O) groups excluding carboxylic acids is 2. The molecule has 0 radical (unpaired) electrons. The van der Waals surface area contributed by atoms with Gasteiger partial charge in [0.25, 0.3) is 0 Å². The van der Waals surface area contributed by atoms with Gasteiger partial charge in [0.2, 0.25) is 11.8 Å². The molecule has 0 saturated carbocycles. The van der Waals surface area contributed by atoms with Crippen LogP contribution in [0.25, 0.3) is 0 Å². The monoisotopic (exact) mass is 187 g/mol. The van der Waals surface area contributed by atoms with Crippen molar-refractivity contribution >= 4 is 11.8 Å². The van der Waals surface area contributed by atoms with Crippen LogP contribution in [-0.2, 0) is 9.59 Å². The van der Waals surface area contributed by atoms with E-state index in [1.165, 1.54) is 11.8 Å². The van der Waals surface area contributed by atoms with Gasteiger partial charge in [-0.25, -0.2) is 0 Å². The molecule has 0 bridgehead atoms. The highest BCUT2D eigenvalue weighted by Gasteiger charge is 2.13. The summed E-state index contributed by atoms with van der Waals surface area (Å²) >= 11 is 0. The molecule has 0 rings (SSSR count). The number of amides is 2. The van der Waals surface area contributed by atoms with Gasteiger partial charge in [-0.3, -0.25) is 14.5 Å². The van der Waals surface area contributed by atoms with E-state index < -0.39 is 0 Å². The maximum Gasteiger partial charge on any atom is 0.228 e. The van der Waals surface area contributed by atoms with Crippen molar-refractivity contribution in [2.24, 2.45) is 0 Å². The number of rotatable bonds is 3. The third kappa shape index (κ3) is 6.31. The van der Waals surface area contributed by atoms with Crippen molar-refractivity contribution in [3.8, 4) is 0 Å². The molecule has 0 aromatic carbocycles. The van der Waals surface area contributed by atoms with Crippen molar-refractivity contribution < 1.29 is 9.59 Å². The molecule has 0 unspecified atom stereocenters. The third-order valence-corrected chi connectivity index (χ3v) is 1.43. The Morgan fingerprint density at radius 1 is 1.15 bits per heavy atom. The molecule has 0 aromatic rings. The predicted molar refractivity (Wildman–Crippen MR) is 54.3 cm³/mol. The summed E-state index contributed by atoms with van der Waals surface area (Å²) in [7, 11) is 0. The highest BCUT2D eigenvalue weighted by atomic mass is 16.2. The van der Waals surface area contributed by atoms with Crippen molar-refractivity contribution in [1.82, 2.24) is 4.90 Å². The highest BCUT2D eigenvalue weighted by molar-refractivity contribution is 5.93. The molecule has 2 amide bonds. The Kier molecular flexibility index (Phi) is 10.4. The fraction of sp³-hybridized carbons (Fsp3) is 0.800. The van der Waals surface area contributed by atoms with Crippen LogP contribution in [0.15, 0.2) is 0 Å². The van der Waals surface area contributed by atoms with E-state index in [1.807, 2.05) is 20.8 Å². The average Bonchev–Trinajstić information content (AvgIpc) is 2.15. The summed E-state index contributed by atoms with van der Waals surface area (Å²) in [5.74, 6) is -0.238. The van der Waals surface area contributed by atoms with Gasteiger partial charge in [0, 0.05) is 19.9 Å². The van der Waals surface area contributed by atoms with Crippen molar-refractivity contribution in [2.75, 3.05) is 6.54 Å². The number of carbonyl (C=O) groups is 2. The van der Waals surface area contributed by atoms with Gasteiger partial charge < -0.3 is 0 Å². The smallest absolute Gasteiger partial charge is 0.228 e. The Morgan fingerprint density at radius 2 is 1.62 bits per heavy atom. The van der Waals surface area contributed by atoms with Crippen molar-refractivity contribution in [2.45, 2.75) is 47.5 Å². The SMILES string of the molecule is CC.CCCN(C(C)=O)C(=O)CC. The van der Waals surface area contributed by atoms with Crippen LogP contribution in [0.1, 0.15) is 47.5 Å². The van der Waals surface area contributed by atoms with Crippen LogP contribution in [0.3, 0.4) is 0 Å². The molecule has 3 heteroatoms. The Labute approximate surface area is 81.1 Å². The minimum Gasteiger partial charge on any atom is -0.283 e. The van der Waals surface area contributed by atoms with E-state index in [0.29, 0.717) is 13.0 Å². The number of hydrogen-bond acceptors (Lipinski definition) is 2. The van der Waals surface area contributed by atoms with E-state index in [0.717, 1.165) is 6.42 Å². The molecule has 0 aliphatic heterocycles. The molecule has 13 heavy (non-hydrogen) atoms. The van der Waals surface area contributed by atoms with Crippen LogP contribution < -0.4 is 0 Å². The fourth-order valence-electron chi connectivity index (χ4n) is 0.872. The molecule has 78 valence electrons. The first-order chi connectivity index (χ1) is 6.13. The maximum absolute atomic E-state index is 11.0. The van der Waals surface area contributed by atoms with Gasteiger partial charge >= 0.3 is 0 Å². The standard InChI is InChI=1S/C8H15NO2.C2H6/c1-4-6-9(7(3)10)8(11)5-2;1-2/h4-6H2,1-3H3;1-2H3. The van der Waals surface area contributed by atoms with E-state index >= 15 is 0 Å². The van der Waals surface area contributed by atoms with Crippen LogP contribution in [0.4, 0.5) is 0 Å². The van der Waals surface area contributed by atoms with E-state index in [9.17, 15) is 9.59 Å². The Bertz CT molecular complexity index is 155. The number of imide groups is 1. The van der Waals surface area contributed by atoms with Gasteiger partial charge in [0.1, 0.15) is 0 Å². The summed E-state index contributed by atoms with van der Waals surface area (Å²) in [6.07, 6.45) is 1.23. The lowest BCUT2D eigenvalue weighted by Gasteiger charge is -2.16. The van der Waals surface area contributed by atoms with Gasteiger partial charge in [-0.2, -0.15) is 0 Å². The van der Waals surface area contributed by atoms with Crippen LogP contribution >= 0.6 is 0 Å². The largest absolute Gasteiger partial charge is 0.283 e. The molecule has 0 aliphatic rings. The molecular weight excluding hydrogens is 166 g/mol. The quantitative estimate of drug-likeness (QED) is 0.679. The second kappa shape index (κ2) is 9.23. The van der Waals surface area contributed by atoms with Gasteiger partial charge in [0.15, 0.2) is 0 Å². The molecule has 0 aliphatic carbocycles. The van der Waals surface area contributed by atoms with Crippen molar-refractivity contribution in [1.29, 1.82) is 0 Å². The second-order valence-electron chi connectivity index (χ2n) is 2.42. The molecule has 0 heterocycles. The first-order valence-electron chi connectivity index (χ1n) is 4.94. The van der Waals surface area contributed by atoms with E-state index in [2.05, 4.69) is 0 Å². The average molecular weight is 187 g/mol. The maximum atomic E-state index is 11.0. The fourth-order valence-corrected chi connectivity index (χ4v) is 0.872. The Hall–Kier alpha value is -0.860. The molecule has 0 fully saturated rings. The normalized spacial score (nSPS) is 8.38. The zero-order chi connectivity index (χ0) is 10.9. The topological polar surface area (TPSA) is 37.4 Å². The summed E-state index contributed by atoms with van der Waals surface area (Å²) in [5, 5.41) is 0. The Balaban J connectivity index is 0. The van der Waals surface area contributed by atoms with E-state index in [-0.39, 0.29) is 11.8 Å². The summed E-state index contributed by atoms with van der Waals surface area (Å²) in [6.45, 7) is 9.66. The molecule has 0 atom stereocenters. The lowest BCUT2D eigenvalue weighted by atomic mass is 10.3. The zero-order valence-corrected chi connectivity index (χ0v) is 9.39. The summed E-state index contributed by atoms with van der Waals surface area (Å²) in [6, 6.07) is 0. The van der Waals surface area contributed by atoms with Crippen LogP contribution in [0.5, 0.6) is 0 Å². The van der Waals surface area contributed by atoms with Crippen LogP contribution in [0.2, 0.25) is 0 Å². The van der Waals surface area contributed by atoms with Gasteiger partial charge in [-0.15, -0.1) is 0 Å². The lowest BCUT2D eigenvalue weighted by Crippen LogP contribution is -2.35. The van der Waals surface area contributed by atoms with Gasteiger partial charge in [-0.1, -0.05) is 27.7 Å². The number of hydrogen-bond donors (Lipinski definition) is 0. The van der Waals surface area contributed by atoms with Crippen LogP contribution in [0, 0.1) is 0 Å². The first-order valence-corrected chi connectivity index (χ1v) is 4.94.